The maximum Gasteiger partial charge on any atom is 0.417 e. The maximum absolute atomic E-state index is 13.4. The number of aromatic nitrogens is 4. The summed E-state index contributed by atoms with van der Waals surface area (Å²) in [6.07, 6.45) is -0.722. The van der Waals surface area contributed by atoms with Gasteiger partial charge in [-0.15, -0.1) is 0 Å². The number of nitrogens with one attached hydrogen (secondary N) is 2. The lowest BCUT2D eigenvalue weighted by Gasteiger charge is -2.12. The predicted molar refractivity (Wildman–Crippen MR) is 114 cm³/mol. The third-order valence-electron chi connectivity index (χ3n) is 4.68. The number of fused-ring (bicyclic) bond motifs is 1. The Morgan fingerprint density at radius 2 is 1.91 bits per heavy atom. The molecule has 0 spiro atoms. The van der Waals surface area contributed by atoms with Crippen molar-refractivity contribution < 1.29 is 18.0 Å². The van der Waals surface area contributed by atoms with Crippen LogP contribution in [-0.2, 0) is 6.18 Å². The molecule has 3 aromatic heterocycles. The summed E-state index contributed by atoms with van der Waals surface area (Å²) in [5.74, 6) is 0.117. The van der Waals surface area contributed by atoms with E-state index in [1.165, 1.54) is 41.0 Å². The Hall–Kier alpha value is -3.95. The Kier molecular flexibility index (Phi) is 5.76. The highest BCUT2D eigenvalue weighted by molar-refractivity contribution is 6.03. The van der Waals surface area contributed by atoms with Gasteiger partial charge in [0.05, 0.1) is 17.5 Å². The third kappa shape index (κ3) is 4.39. The predicted octanol–water partition coefficient (Wildman–Crippen LogP) is 4.88. The van der Waals surface area contributed by atoms with E-state index in [9.17, 15) is 18.0 Å². The van der Waals surface area contributed by atoms with Gasteiger partial charge in [-0.1, -0.05) is 25.1 Å². The van der Waals surface area contributed by atoms with Crippen LogP contribution >= 0.6 is 0 Å². The molecule has 0 fully saturated rings. The number of carbonyl (C=O) groups excluding carboxylic acids is 1. The minimum atomic E-state index is -4.53. The zero-order valence-electron chi connectivity index (χ0n) is 17.0. The van der Waals surface area contributed by atoms with E-state index < -0.39 is 17.6 Å². The largest absolute Gasteiger partial charge is 0.417 e. The molecule has 1 aromatic carbocycles. The quantitative estimate of drug-likeness (QED) is 0.446. The van der Waals surface area contributed by atoms with Crippen molar-refractivity contribution in [2.24, 2.45) is 0 Å². The van der Waals surface area contributed by atoms with E-state index in [0.717, 1.165) is 19.0 Å². The third-order valence-corrected chi connectivity index (χ3v) is 4.68. The van der Waals surface area contributed by atoms with Gasteiger partial charge in [0, 0.05) is 30.1 Å². The number of pyridine rings is 1. The van der Waals surface area contributed by atoms with E-state index in [1.807, 2.05) is 6.92 Å². The Morgan fingerprint density at radius 3 is 2.69 bits per heavy atom. The molecule has 0 bridgehead atoms. The molecule has 0 aliphatic rings. The smallest absolute Gasteiger partial charge is 0.370 e. The summed E-state index contributed by atoms with van der Waals surface area (Å²) in [5, 5.41) is 10.1. The summed E-state index contributed by atoms with van der Waals surface area (Å²) in [6.45, 7) is 2.77. The Balaban J connectivity index is 1.66. The molecule has 0 saturated heterocycles. The number of alkyl halides is 3. The number of hydrogen-bond acceptors (Lipinski definition) is 5. The molecular formula is C22H19F3N6O. The van der Waals surface area contributed by atoms with Gasteiger partial charge in [0.15, 0.2) is 11.3 Å². The first-order chi connectivity index (χ1) is 15.4. The van der Waals surface area contributed by atoms with Gasteiger partial charge in [-0.05, 0) is 30.7 Å². The minimum Gasteiger partial charge on any atom is -0.370 e. The van der Waals surface area contributed by atoms with Gasteiger partial charge in [0.25, 0.3) is 5.91 Å². The summed E-state index contributed by atoms with van der Waals surface area (Å²) < 4.78 is 41.5. The number of anilines is 2. The fourth-order valence-electron chi connectivity index (χ4n) is 3.18. The number of rotatable bonds is 6. The molecule has 164 valence electrons. The second-order valence-electron chi connectivity index (χ2n) is 6.99. The first kappa shape index (κ1) is 21.3. The van der Waals surface area contributed by atoms with Gasteiger partial charge in [-0.3, -0.25) is 4.79 Å². The lowest BCUT2D eigenvalue weighted by molar-refractivity contribution is -0.137. The highest BCUT2D eigenvalue weighted by Gasteiger charge is 2.33. The van der Waals surface area contributed by atoms with E-state index in [2.05, 4.69) is 25.7 Å². The summed E-state index contributed by atoms with van der Waals surface area (Å²) >= 11 is 0. The molecule has 0 aliphatic heterocycles. The van der Waals surface area contributed by atoms with Crippen LogP contribution in [0.25, 0.3) is 16.9 Å². The van der Waals surface area contributed by atoms with E-state index in [4.69, 9.17) is 0 Å². The van der Waals surface area contributed by atoms with Gasteiger partial charge in [-0.2, -0.15) is 18.3 Å². The number of benzene rings is 1. The normalized spacial score (nSPS) is 11.5. The second kappa shape index (κ2) is 8.66. The average Bonchev–Trinajstić information content (AvgIpc) is 3.21. The fourth-order valence-corrected chi connectivity index (χ4v) is 3.18. The summed E-state index contributed by atoms with van der Waals surface area (Å²) in [5.41, 5.74) is 0.129. The summed E-state index contributed by atoms with van der Waals surface area (Å²) in [6, 6.07) is 11.5. The first-order valence-corrected chi connectivity index (χ1v) is 9.89. The molecule has 4 aromatic rings. The van der Waals surface area contributed by atoms with E-state index in [-0.39, 0.29) is 17.0 Å². The molecule has 0 saturated carbocycles. The van der Waals surface area contributed by atoms with Crippen molar-refractivity contribution >= 4 is 23.1 Å². The monoisotopic (exact) mass is 440 g/mol. The molecule has 0 unspecified atom stereocenters. The van der Waals surface area contributed by atoms with Gasteiger partial charge < -0.3 is 10.6 Å². The SMILES string of the molecule is CCCNc1cc(NC(=O)c2cnc3ccc(-c4ccccc4C(F)(F)F)nn23)ccn1. The number of nitrogens with zero attached hydrogens (tertiary/aromatic N) is 4. The lowest BCUT2D eigenvalue weighted by atomic mass is 10.0. The molecule has 1 amide bonds. The van der Waals surface area contributed by atoms with Gasteiger partial charge in [0.1, 0.15) is 5.82 Å². The van der Waals surface area contributed by atoms with Gasteiger partial charge in [0.2, 0.25) is 0 Å². The first-order valence-electron chi connectivity index (χ1n) is 9.89. The van der Waals surface area contributed by atoms with Crippen molar-refractivity contribution in [1.29, 1.82) is 0 Å². The van der Waals surface area contributed by atoms with E-state index >= 15 is 0 Å². The lowest BCUT2D eigenvalue weighted by Crippen LogP contribution is -2.16. The molecule has 3 heterocycles. The zero-order chi connectivity index (χ0) is 22.7. The van der Waals surface area contributed by atoms with Crippen LogP contribution in [0, 0.1) is 0 Å². The summed E-state index contributed by atoms with van der Waals surface area (Å²) in [4.78, 5) is 21.2. The number of amides is 1. The maximum atomic E-state index is 13.4. The Morgan fingerprint density at radius 1 is 1.09 bits per heavy atom. The van der Waals surface area contributed by atoms with Crippen LogP contribution in [0.5, 0.6) is 0 Å². The molecule has 0 radical (unpaired) electrons. The molecular weight excluding hydrogens is 421 g/mol. The van der Waals surface area contributed by atoms with E-state index in [1.54, 1.807) is 18.3 Å². The summed E-state index contributed by atoms with van der Waals surface area (Å²) in [7, 11) is 0. The van der Waals surface area contributed by atoms with Crippen LogP contribution in [0.2, 0.25) is 0 Å². The minimum absolute atomic E-state index is 0.0763. The van der Waals surface area contributed by atoms with Crippen LogP contribution in [0.3, 0.4) is 0 Å². The number of halogens is 3. The van der Waals surface area contributed by atoms with Crippen LogP contribution in [-0.4, -0.2) is 32.0 Å². The topological polar surface area (TPSA) is 84.2 Å². The van der Waals surface area contributed by atoms with Crippen molar-refractivity contribution in [3.05, 3.63) is 72.2 Å². The van der Waals surface area contributed by atoms with Gasteiger partial charge >= 0.3 is 6.18 Å². The van der Waals surface area contributed by atoms with Crippen LogP contribution < -0.4 is 10.6 Å². The van der Waals surface area contributed by atoms with Crippen LogP contribution in [0.1, 0.15) is 29.4 Å². The highest BCUT2D eigenvalue weighted by atomic mass is 19.4. The molecule has 0 aliphatic carbocycles. The van der Waals surface area contributed by atoms with Crippen molar-refractivity contribution in [3.8, 4) is 11.3 Å². The average molecular weight is 440 g/mol. The number of hydrogen-bond donors (Lipinski definition) is 2. The standard InChI is InChI=1S/C22H19F3N6O/c1-2-10-26-19-12-14(9-11-27-19)29-21(32)18-13-28-20-8-7-17(30-31(18)20)15-5-3-4-6-16(15)22(23,24)25/h3-9,11-13H,2,10H2,1H3,(H2,26,27,29,32). The number of carbonyl (C=O) groups is 1. The van der Waals surface area contributed by atoms with Crippen LogP contribution in [0.4, 0.5) is 24.7 Å². The van der Waals surface area contributed by atoms with Crippen molar-refractivity contribution in [3.63, 3.8) is 0 Å². The fraction of sp³-hybridized carbons (Fsp3) is 0.182. The van der Waals surface area contributed by atoms with Crippen molar-refractivity contribution in [2.75, 3.05) is 17.2 Å². The second-order valence-corrected chi connectivity index (χ2v) is 6.99. The Labute approximate surface area is 181 Å². The van der Waals surface area contributed by atoms with E-state index in [0.29, 0.717) is 17.2 Å². The van der Waals surface area contributed by atoms with Crippen molar-refractivity contribution in [2.45, 2.75) is 19.5 Å². The molecule has 32 heavy (non-hydrogen) atoms. The zero-order valence-corrected chi connectivity index (χ0v) is 17.0. The van der Waals surface area contributed by atoms with Gasteiger partial charge in [-0.25, -0.2) is 14.5 Å². The molecule has 10 heteroatoms. The van der Waals surface area contributed by atoms with Crippen molar-refractivity contribution in [1.82, 2.24) is 19.6 Å². The Bertz CT molecular complexity index is 1270. The highest BCUT2D eigenvalue weighted by Crippen LogP contribution is 2.36. The molecule has 0 atom stereocenters. The molecule has 2 N–H and O–H groups in total. The molecule has 7 nitrogen and oxygen atoms in total. The van der Waals surface area contributed by atoms with Crippen LogP contribution in [0.15, 0.2) is 60.9 Å². The number of imidazole rings is 1. The molecule has 4 rings (SSSR count).